The molecule has 2 unspecified atom stereocenters. The van der Waals surface area contributed by atoms with Crippen LogP contribution in [-0.2, 0) is 9.72 Å². The van der Waals surface area contributed by atoms with Crippen molar-refractivity contribution in [3.05, 3.63) is 35.6 Å². The molecule has 2 fully saturated rings. The van der Waals surface area contributed by atoms with Gasteiger partial charge in [-0.05, 0) is 30.7 Å². The molecule has 2 atom stereocenters. The van der Waals surface area contributed by atoms with Crippen LogP contribution < -0.4 is 0 Å². The lowest BCUT2D eigenvalue weighted by molar-refractivity contribution is 0.121. The summed E-state index contributed by atoms with van der Waals surface area (Å²) in [7, 11) is -4.48. The predicted molar refractivity (Wildman–Crippen MR) is 88.7 cm³/mol. The second-order valence-electron chi connectivity index (χ2n) is 7.20. The molecule has 1 aromatic rings. The molecule has 0 heterocycles. The van der Waals surface area contributed by atoms with Gasteiger partial charge in [-0.3, -0.25) is 4.57 Å². The monoisotopic (exact) mass is 340 g/mol. The Morgan fingerprint density at radius 3 is 2.30 bits per heavy atom. The summed E-state index contributed by atoms with van der Waals surface area (Å²) >= 11 is 0. The number of rotatable bonds is 3. The van der Waals surface area contributed by atoms with Crippen molar-refractivity contribution in [1.29, 1.82) is 0 Å². The molecule has 3 nitrogen and oxygen atoms in total. The van der Waals surface area contributed by atoms with E-state index in [4.69, 9.17) is 0 Å². The van der Waals surface area contributed by atoms with E-state index >= 15 is 0 Å². The van der Waals surface area contributed by atoms with Crippen molar-refractivity contribution in [2.45, 2.75) is 62.9 Å². The Hall–Kier alpha value is -0.700. The average molecular weight is 340 g/mol. The molecule has 0 spiro atoms. The molecule has 0 aromatic heterocycles. The van der Waals surface area contributed by atoms with Gasteiger partial charge in [0.25, 0.3) is 0 Å². The van der Waals surface area contributed by atoms with Crippen molar-refractivity contribution >= 4 is 7.60 Å². The second kappa shape index (κ2) is 6.66. The zero-order valence-electron chi connectivity index (χ0n) is 13.5. The van der Waals surface area contributed by atoms with Gasteiger partial charge < -0.3 is 9.79 Å². The summed E-state index contributed by atoms with van der Waals surface area (Å²) in [6, 6.07) is 6.21. The number of hydrogen-bond donors (Lipinski definition) is 2. The van der Waals surface area contributed by atoms with E-state index < -0.39 is 18.6 Å². The van der Waals surface area contributed by atoms with E-state index in [0.29, 0.717) is 12.3 Å². The zero-order valence-corrected chi connectivity index (χ0v) is 14.4. The van der Waals surface area contributed by atoms with Crippen LogP contribution in [0.2, 0.25) is 0 Å². The fourth-order valence-corrected chi connectivity index (χ4v) is 6.73. The van der Waals surface area contributed by atoms with Crippen LogP contribution in [-0.4, -0.2) is 9.79 Å². The largest absolute Gasteiger partial charge is 0.336 e. The Labute approximate surface area is 137 Å². The highest BCUT2D eigenvalue weighted by atomic mass is 31.2. The number of benzene rings is 1. The lowest BCUT2D eigenvalue weighted by atomic mass is 9.65. The lowest BCUT2D eigenvalue weighted by Crippen LogP contribution is -2.43. The Kier molecular flexibility index (Phi) is 4.96. The summed E-state index contributed by atoms with van der Waals surface area (Å²) in [4.78, 5) is 20.6. The third-order valence-electron chi connectivity index (χ3n) is 6.02. The smallest absolute Gasteiger partial charge is 0.324 e. The van der Waals surface area contributed by atoms with E-state index in [1.807, 2.05) is 0 Å². The van der Waals surface area contributed by atoms with Crippen molar-refractivity contribution in [2.24, 2.45) is 11.8 Å². The molecule has 2 aliphatic rings. The van der Waals surface area contributed by atoms with E-state index in [1.54, 1.807) is 18.2 Å². The standard InChI is InChI=1S/C18H26FO3P/c19-17-12-5-4-11-16(17)18(23(20,21)22)13-7-6-10-15(18)14-8-2-1-3-9-14/h4-5,11-12,14-15H,1-3,6-10,13H2,(H2,20,21,22). The molecule has 23 heavy (non-hydrogen) atoms. The molecule has 0 aliphatic heterocycles. The van der Waals surface area contributed by atoms with Crippen molar-refractivity contribution in [1.82, 2.24) is 0 Å². The van der Waals surface area contributed by atoms with Gasteiger partial charge in [-0.25, -0.2) is 4.39 Å². The average Bonchev–Trinajstić information content (AvgIpc) is 2.55. The Morgan fingerprint density at radius 1 is 1.00 bits per heavy atom. The van der Waals surface area contributed by atoms with Gasteiger partial charge in [0.1, 0.15) is 11.0 Å². The molecule has 5 heteroatoms. The first kappa shape index (κ1) is 17.1. The quantitative estimate of drug-likeness (QED) is 0.764. The minimum atomic E-state index is -4.48. The topological polar surface area (TPSA) is 57.5 Å². The van der Waals surface area contributed by atoms with E-state index in [1.165, 1.54) is 12.5 Å². The van der Waals surface area contributed by atoms with Crippen LogP contribution in [0.3, 0.4) is 0 Å². The van der Waals surface area contributed by atoms with Crippen LogP contribution in [0.1, 0.15) is 63.4 Å². The summed E-state index contributed by atoms with van der Waals surface area (Å²) in [5.41, 5.74) is 0.239. The molecule has 2 N–H and O–H groups in total. The van der Waals surface area contributed by atoms with Gasteiger partial charge in [-0.15, -0.1) is 0 Å². The van der Waals surface area contributed by atoms with Gasteiger partial charge in [0.15, 0.2) is 0 Å². The molecule has 0 bridgehead atoms. The highest BCUT2D eigenvalue weighted by Gasteiger charge is 2.57. The fraction of sp³-hybridized carbons (Fsp3) is 0.667. The second-order valence-corrected chi connectivity index (χ2v) is 9.08. The molecule has 0 saturated heterocycles. The normalized spacial score (nSPS) is 30.3. The first-order chi connectivity index (χ1) is 11.0. The summed E-state index contributed by atoms with van der Waals surface area (Å²) in [6.45, 7) is 0. The third kappa shape index (κ3) is 3.01. The summed E-state index contributed by atoms with van der Waals surface area (Å²) in [6.07, 6.45) is 8.39. The summed E-state index contributed by atoms with van der Waals surface area (Å²) in [5, 5.41) is -1.33. The third-order valence-corrected chi connectivity index (χ3v) is 7.85. The Morgan fingerprint density at radius 2 is 1.65 bits per heavy atom. The Bertz CT molecular complexity index is 594. The van der Waals surface area contributed by atoms with Crippen LogP contribution in [0.5, 0.6) is 0 Å². The van der Waals surface area contributed by atoms with Crippen molar-refractivity contribution in [3.63, 3.8) is 0 Å². The summed E-state index contributed by atoms with van der Waals surface area (Å²) in [5.74, 6) is -0.288. The summed E-state index contributed by atoms with van der Waals surface area (Å²) < 4.78 is 27.2. The fourth-order valence-electron chi connectivity index (χ4n) is 5.01. The van der Waals surface area contributed by atoms with Gasteiger partial charge in [-0.1, -0.05) is 63.1 Å². The van der Waals surface area contributed by atoms with Crippen LogP contribution in [0, 0.1) is 17.7 Å². The van der Waals surface area contributed by atoms with Crippen molar-refractivity contribution in [2.75, 3.05) is 0 Å². The highest BCUT2D eigenvalue weighted by Crippen LogP contribution is 2.68. The molecule has 0 amide bonds. The molecule has 3 rings (SSSR count). The molecule has 0 radical (unpaired) electrons. The van der Waals surface area contributed by atoms with Crippen LogP contribution in [0.25, 0.3) is 0 Å². The maximum Gasteiger partial charge on any atom is 0.336 e. The van der Waals surface area contributed by atoms with Gasteiger partial charge in [0, 0.05) is 5.56 Å². The van der Waals surface area contributed by atoms with E-state index in [-0.39, 0.29) is 11.5 Å². The van der Waals surface area contributed by atoms with E-state index in [0.717, 1.165) is 44.9 Å². The van der Waals surface area contributed by atoms with Gasteiger partial charge in [0.05, 0.1) is 0 Å². The van der Waals surface area contributed by atoms with E-state index in [2.05, 4.69) is 0 Å². The molecular formula is C18H26FO3P. The number of halogens is 1. The first-order valence-electron chi connectivity index (χ1n) is 8.77. The van der Waals surface area contributed by atoms with Crippen molar-refractivity contribution < 1.29 is 18.7 Å². The minimum Gasteiger partial charge on any atom is -0.324 e. The highest BCUT2D eigenvalue weighted by molar-refractivity contribution is 7.53. The van der Waals surface area contributed by atoms with Crippen LogP contribution in [0.15, 0.2) is 24.3 Å². The van der Waals surface area contributed by atoms with Gasteiger partial charge >= 0.3 is 7.60 Å². The predicted octanol–water partition coefficient (Wildman–Crippen LogP) is 4.97. The first-order valence-corrected chi connectivity index (χ1v) is 10.4. The number of hydrogen-bond acceptors (Lipinski definition) is 1. The maximum absolute atomic E-state index is 14.5. The van der Waals surface area contributed by atoms with Gasteiger partial charge in [-0.2, -0.15) is 0 Å². The molecule has 1 aromatic carbocycles. The minimum absolute atomic E-state index is 0.116. The SMILES string of the molecule is O=P(O)(O)C1(c2ccccc2F)CCCCC1C1CCCCC1. The van der Waals surface area contributed by atoms with Gasteiger partial charge in [0.2, 0.25) is 0 Å². The van der Waals surface area contributed by atoms with E-state index in [9.17, 15) is 18.7 Å². The Balaban J connectivity index is 2.12. The van der Waals surface area contributed by atoms with Crippen LogP contribution in [0.4, 0.5) is 4.39 Å². The molecule has 2 aliphatic carbocycles. The molecule has 128 valence electrons. The van der Waals surface area contributed by atoms with Crippen molar-refractivity contribution in [3.8, 4) is 0 Å². The zero-order chi connectivity index (χ0) is 16.5. The lowest BCUT2D eigenvalue weighted by Gasteiger charge is -2.48. The van der Waals surface area contributed by atoms with Crippen LogP contribution >= 0.6 is 7.60 Å². The molecule has 2 saturated carbocycles. The maximum atomic E-state index is 14.5. The molecular weight excluding hydrogens is 314 g/mol.